The largest absolute Gasteiger partial charge is 0.462 e. The Balaban J connectivity index is 0.00000320. The molecule has 2 heterocycles. The maximum Gasteiger partial charge on any atom is 0.341 e. The van der Waals surface area contributed by atoms with Crippen LogP contribution >= 0.6 is 12.4 Å². The minimum absolute atomic E-state index is 0. The van der Waals surface area contributed by atoms with Gasteiger partial charge in [-0.15, -0.1) is 12.4 Å². The minimum Gasteiger partial charge on any atom is -0.462 e. The molecule has 10 heteroatoms. The second-order valence-electron chi connectivity index (χ2n) is 6.48. The van der Waals surface area contributed by atoms with Gasteiger partial charge in [0.2, 0.25) is 5.91 Å². The molecule has 1 unspecified atom stereocenters. The summed E-state index contributed by atoms with van der Waals surface area (Å²) in [7, 11) is 3.52. The van der Waals surface area contributed by atoms with Crippen LogP contribution in [0.25, 0.3) is 5.69 Å². The van der Waals surface area contributed by atoms with E-state index < -0.39 is 12.0 Å². The zero-order valence-electron chi connectivity index (χ0n) is 17.2. The molecular formula is C20H25ClN6O3. The van der Waals surface area contributed by atoms with Crippen LogP contribution < -0.4 is 10.6 Å². The quantitative estimate of drug-likeness (QED) is 0.556. The lowest BCUT2D eigenvalue weighted by Crippen LogP contribution is -2.30. The highest BCUT2D eigenvalue weighted by atomic mass is 35.5. The fourth-order valence-electron chi connectivity index (χ4n) is 3.05. The molecule has 2 aromatic heterocycles. The second-order valence-corrected chi connectivity index (χ2v) is 6.48. The molecule has 1 atom stereocenters. The van der Waals surface area contributed by atoms with Crippen LogP contribution in [0.4, 0.5) is 5.69 Å². The first-order valence-electron chi connectivity index (χ1n) is 9.23. The average molecular weight is 433 g/mol. The fraction of sp³-hybridized carbons (Fsp3) is 0.300. The van der Waals surface area contributed by atoms with Crippen molar-refractivity contribution in [3.63, 3.8) is 0 Å². The summed E-state index contributed by atoms with van der Waals surface area (Å²) >= 11 is 0. The molecule has 0 fully saturated rings. The number of amides is 1. The van der Waals surface area contributed by atoms with Crippen molar-refractivity contribution in [2.45, 2.75) is 19.9 Å². The van der Waals surface area contributed by atoms with E-state index in [1.807, 2.05) is 12.1 Å². The maximum absolute atomic E-state index is 12.7. The highest BCUT2D eigenvalue weighted by Crippen LogP contribution is 2.20. The number of rotatable bonds is 7. The van der Waals surface area contributed by atoms with Crippen LogP contribution in [0.2, 0.25) is 0 Å². The number of hydrogen-bond acceptors (Lipinski definition) is 6. The molecule has 1 amide bonds. The molecule has 9 nitrogen and oxygen atoms in total. The summed E-state index contributed by atoms with van der Waals surface area (Å²) in [6, 6.07) is 6.72. The Labute approximate surface area is 180 Å². The van der Waals surface area contributed by atoms with Gasteiger partial charge in [-0.3, -0.25) is 9.48 Å². The predicted octanol–water partition coefficient (Wildman–Crippen LogP) is 2.41. The van der Waals surface area contributed by atoms with E-state index in [-0.39, 0.29) is 18.3 Å². The molecule has 0 spiro atoms. The Morgan fingerprint density at radius 1 is 1.23 bits per heavy atom. The highest BCUT2D eigenvalue weighted by molar-refractivity contribution is 5.95. The van der Waals surface area contributed by atoms with Crippen LogP contribution in [0, 0.1) is 6.92 Å². The number of halogens is 1. The van der Waals surface area contributed by atoms with Crippen molar-refractivity contribution in [2.24, 2.45) is 7.05 Å². The van der Waals surface area contributed by atoms with Gasteiger partial charge >= 0.3 is 5.97 Å². The second kappa shape index (κ2) is 10.0. The van der Waals surface area contributed by atoms with Gasteiger partial charge in [-0.1, -0.05) is 6.07 Å². The molecule has 160 valence electrons. The van der Waals surface area contributed by atoms with Gasteiger partial charge < -0.3 is 15.4 Å². The van der Waals surface area contributed by atoms with Gasteiger partial charge in [-0.2, -0.15) is 10.2 Å². The van der Waals surface area contributed by atoms with E-state index in [9.17, 15) is 9.59 Å². The molecule has 2 N–H and O–H groups in total. The molecule has 0 saturated heterocycles. The predicted molar refractivity (Wildman–Crippen MR) is 115 cm³/mol. The Morgan fingerprint density at radius 3 is 2.63 bits per heavy atom. The molecule has 0 bridgehead atoms. The molecule has 0 aliphatic heterocycles. The van der Waals surface area contributed by atoms with Crippen molar-refractivity contribution >= 4 is 30.0 Å². The SMILES string of the molecule is CCOC(=O)c1cnn(-c2cccc(NC(=O)C(NC)c3cnn(C)c3)c2)c1C.Cl. The van der Waals surface area contributed by atoms with Gasteiger partial charge in [0, 0.05) is 24.5 Å². The summed E-state index contributed by atoms with van der Waals surface area (Å²) in [6.45, 7) is 3.85. The van der Waals surface area contributed by atoms with E-state index in [1.54, 1.807) is 61.8 Å². The van der Waals surface area contributed by atoms with Gasteiger partial charge in [0.15, 0.2) is 0 Å². The van der Waals surface area contributed by atoms with Crippen LogP contribution in [0.3, 0.4) is 0 Å². The fourth-order valence-corrected chi connectivity index (χ4v) is 3.05. The third-order valence-corrected chi connectivity index (χ3v) is 4.47. The van der Waals surface area contributed by atoms with Crippen molar-refractivity contribution in [2.75, 3.05) is 19.0 Å². The molecule has 0 radical (unpaired) electrons. The number of carbonyl (C=O) groups is 2. The molecular weight excluding hydrogens is 408 g/mol. The number of esters is 1. The van der Waals surface area contributed by atoms with Crippen LogP contribution in [-0.4, -0.2) is 45.1 Å². The lowest BCUT2D eigenvalue weighted by atomic mass is 10.1. The Hall–Kier alpha value is -3.17. The van der Waals surface area contributed by atoms with Crippen molar-refractivity contribution in [1.29, 1.82) is 0 Å². The highest BCUT2D eigenvalue weighted by Gasteiger charge is 2.21. The number of benzene rings is 1. The third-order valence-electron chi connectivity index (χ3n) is 4.47. The van der Waals surface area contributed by atoms with Crippen molar-refractivity contribution in [1.82, 2.24) is 24.9 Å². The summed E-state index contributed by atoms with van der Waals surface area (Å²) < 4.78 is 8.34. The van der Waals surface area contributed by atoms with Gasteiger partial charge in [0.1, 0.15) is 11.6 Å². The summed E-state index contributed by atoms with van der Waals surface area (Å²) in [6.07, 6.45) is 4.93. The summed E-state index contributed by atoms with van der Waals surface area (Å²) in [5.41, 5.74) is 3.18. The number of carbonyl (C=O) groups excluding carboxylic acids is 2. The van der Waals surface area contributed by atoms with Crippen molar-refractivity contribution in [3.05, 3.63) is 59.7 Å². The number of aryl methyl sites for hydroxylation is 1. The van der Waals surface area contributed by atoms with Gasteiger partial charge in [0.25, 0.3) is 0 Å². The number of nitrogens with one attached hydrogen (secondary N) is 2. The number of nitrogens with zero attached hydrogens (tertiary/aromatic N) is 4. The summed E-state index contributed by atoms with van der Waals surface area (Å²) in [5.74, 6) is -0.615. The Morgan fingerprint density at radius 2 is 2.00 bits per heavy atom. The number of aromatic nitrogens is 4. The number of hydrogen-bond donors (Lipinski definition) is 2. The van der Waals surface area contributed by atoms with Gasteiger partial charge in [-0.25, -0.2) is 9.48 Å². The minimum atomic E-state index is -0.533. The van der Waals surface area contributed by atoms with E-state index >= 15 is 0 Å². The monoisotopic (exact) mass is 432 g/mol. The molecule has 0 saturated carbocycles. The normalized spacial score (nSPS) is 11.5. The molecule has 0 aliphatic rings. The van der Waals surface area contributed by atoms with Crippen LogP contribution in [0.5, 0.6) is 0 Å². The number of anilines is 1. The zero-order valence-corrected chi connectivity index (χ0v) is 18.1. The first kappa shape index (κ1) is 23.1. The first-order valence-corrected chi connectivity index (χ1v) is 9.23. The zero-order chi connectivity index (χ0) is 21.0. The summed E-state index contributed by atoms with van der Waals surface area (Å²) in [5, 5.41) is 14.3. The maximum atomic E-state index is 12.7. The van der Waals surface area contributed by atoms with E-state index in [2.05, 4.69) is 20.8 Å². The lowest BCUT2D eigenvalue weighted by molar-refractivity contribution is -0.118. The molecule has 1 aromatic carbocycles. The van der Waals surface area contributed by atoms with E-state index in [4.69, 9.17) is 4.74 Å². The summed E-state index contributed by atoms with van der Waals surface area (Å²) in [4.78, 5) is 24.8. The lowest BCUT2D eigenvalue weighted by Gasteiger charge is -2.15. The van der Waals surface area contributed by atoms with E-state index in [0.29, 0.717) is 23.6 Å². The van der Waals surface area contributed by atoms with Crippen LogP contribution in [-0.2, 0) is 16.6 Å². The number of ether oxygens (including phenoxy) is 1. The Bertz CT molecular complexity index is 1030. The third kappa shape index (κ3) is 4.87. The van der Waals surface area contributed by atoms with Crippen molar-refractivity contribution in [3.8, 4) is 5.69 Å². The average Bonchev–Trinajstić information content (AvgIpc) is 3.28. The first-order chi connectivity index (χ1) is 13.9. The van der Waals surface area contributed by atoms with E-state index in [0.717, 1.165) is 11.3 Å². The Kier molecular flexibility index (Phi) is 7.73. The van der Waals surface area contributed by atoms with Crippen LogP contribution in [0.15, 0.2) is 42.9 Å². The van der Waals surface area contributed by atoms with E-state index in [1.165, 1.54) is 6.20 Å². The molecule has 3 rings (SSSR count). The molecule has 3 aromatic rings. The number of likely N-dealkylation sites (N-methyl/N-ethyl adjacent to an activating group) is 1. The standard InChI is InChI=1S/C20H24N6O3.ClH/c1-5-29-20(28)17-11-23-26(13(17)2)16-8-6-7-15(9-16)24-19(27)18(21-3)14-10-22-25(4)12-14;/h6-12,18,21H,5H2,1-4H3,(H,24,27);1H. The van der Waals surface area contributed by atoms with Gasteiger partial charge in [0.05, 0.1) is 30.4 Å². The van der Waals surface area contributed by atoms with Crippen molar-refractivity contribution < 1.29 is 14.3 Å². The van der Waals surface area contributed by atoms with Gasteiger partial charge in [-0.05, 0) is 39.1 Å². The van der Waals surface area contributed by atoms with Crippen LogP contribution in [0.1, 0.15) is 34.6 Å². The molecule has 0 aliphatic carbocycles. The molecule has 30 heavy (non-hydrogen) atoms. The topological polar surface area (TPSA) is 103 Å². The smallest absolute Gasteiger partial charge is 0.341 e.